The smallest absolute Gasteiger partial charge is 0.223 e. The van der Waals surface area contributed by atoms with Gasteiger partial charge in [-0.1, -0.05) is 44.2 Å². The van der Waals surface area contributed by atoms with Gasteiger partial charge in [-0.15, -0.1) is 0 Å². The van der Waals surface area contributed by atoms with Gasteiger partial charge in [0.25, 0.3) is 0 Å². The van der Waals surface area contributed by atoms with Gasteiger partial charge in [0.2, 0.25) is 5.91 Å². The molecule has 108 valence electrons. The molecule has 3 nitrogen and oxygen atoms in total. The zero-order valence-corrected chi connectivity index (χ0v) is 12.6. The monoisotopic (exact) mass is 272 g/mol. The van der Waals surface area contributed by atoms with Gasteiger partial charge in [0, 0.05) is 11.5 Å². The standard InChI is InChI=1S/C17H24N2O/c1-4-7-13(2)17(20)19-14(3)16-10-5-8-15(12-16)9-6-11-18/h5,8,10,12-14H,4,7,11,18H2,1-3H3,(H,19,20). The molecule has 0 saturated heterocycles. The number of hydrogen-bond acceptors (Lipinski definition) is 2. The Morgan fingerprint density at radius 2 is 2.15 bits per heavy atom. The maximum atomic E-state index is 12.0. The van der Waals surface area contributed by atoms with Crippen molar-refractivity contribution in [3.05, 3.63) is 35.4 Å². The zero-order valence-electron chi connectivity index (χ0n) is 12.6. The van der Waals surface area contributed by atoms with Crippen LogP contribution in [0.4, 0.5) is 0 Å². The minimum Gasteiger partial charge on any atom is -0.349 e. The molecule has 0 aliphatic rings. The molecule has 1 amide bonds. The van der Waals surface area contributed by atoms with Gasteiger partial charge in [0.05, 0.1) is 12.6 Å². The fourth-order valence-corrected chi connectivity index (χ4v) is 2.04. The Labute approximate surface area is 121 Å². The van der Waals surface area contributed by atoms with Crippen molar-refractivity contribution >= 4 is 5.91 Å². The molecule has 0 fully saturated rings. The Kier molecular flexibility index (Phi) is 6.83. The molecule has 0 spiro atoms. The molecular weight excluding hydrogens is 248 g/mol. The number of nitrogens with one attached hydrogen (secondary N) is 1. The molecule has 0 aromatic heterocycles. The van der Waals surface area contributed by atoms with E-state index in [0.29, 0.717) is 6.54 Å². The van der Waals surface area contributed by atoms with E-state index in [-0.39, 0.29) is 17.9 Å². The minimum absolute atomic E-state index is 0.0126. The maximum absolute atomic E-state index is 12.0. The van der Waals surface area contributed by atoms with Crippen LogP contribution < -0.4 is 11.1 Å². The molecule has 2 unspecified atom stereocenters. The second-order valence-electron chi connectivity index (χ2n) is 5.05. The molecule has 0 bridgehead atoms. The third-order valence-corrected chi connectivity index (χ3v) is 3.25. The van der Waals surface area contributed by atoms with E-state index in [1.54, 1.807) is 0 Å². The number of amides is 1. The van der Waals surface area contributed by atoms with Crippen LogP contribution in [-0.2, 0) is 4.79 Å². The Morgan fingerprint density at radius 3 is 2.80 bits per heavy atom. The summed E-state index contributed by atoms with van der Waals surface area (Å²) in [7, 11) is 0. The normalized spacial score (nSPS) is 13.0. The number of nitrogens with two attached hydrogens (primary N) is 1. The highest BCUT2D eigenvalue weighted by Gasteiger charge is 2.15. The summed E-state index contributed by atoms with van der Waals surface area (Å²) in [5, 5.41) is 3.05. The van der Waals surface area contributed by atoms with Gasteiger partial charge < -0.3 is 11.1 Å². The number of hydrogen-bond donors (Lipinski definition) is 2. The van der Waals surface area contributed by atoms with Crippen molar-refractivity contribution in [2.24, 2.45) is 11.7 Å². The van der Waals surface area contributed by atoms with Crippen LogP contribution in [0.25, 0.3) is 0 Å². The highest BCUT2D eigenvalue weighted by atomic mass is 16.1. The Morgan fingerprint density at radius 1 is 1.40 bits per heavy atom. The van der Waals surface area contributed by atoms with E-state index in [9.17, 15) is 4.79 Å². The topological polar surface area (TPSA) is 55.1 Å². The SMILES string of the molecule is CCCC(C)C(=O)NC(C)c1cccc(C#CCN)c1. The molecule has 0 radical (unpaired) electrons. The summed E-state index contributed by atoms with van der Waals surface area (Å²) in [4.78, 5) is 12.0. The van der Waals surface area contributed by atoms with Crippen LogP contribution >= 0.6 is 0 Å². The predicted molar refractivity (Wildman–Crippen MR) is 83.0 cm³/mol. The van der Waals surface area contributed by atoms with Gasteiger partial charge in [-0.05, 0) is 31.0 Å². The quantitative estimate of drug-likeness (QED) is 0.810. The molecule has 1 rings (SSSR count). The van der Waals surface area contributed by atoms with Crippen LogP contribution in [-0.4, -0.2) is 12.5 Å². The van der Waals surface area contributed by atoms with E-state index in [4.69, 9.17) is 5.73 Å². The largest absolute Gasteiger partial charge is 0.349 e. The first-order chi connectivity index (χ1) is 9.58. The summed E-state index contributed by atoms with van der Waals surface area (Å²) in [6.45, 7) is 6.40. The summed E-state index contributed by atoms with van der Waals surface area (Å²) in [5.74, 6) is 6.01. The van der Waals surface area contributed by atoms with Gasteiger partial charge in [-0.2, -0.15) is 0 Å². The Hall–Kier alpha value is -1.79. The third kappa shape index (κ3) is 5.07. The van der Waals surface area contributed by atoms with Crippen molar-refractivity contribution in [3.63, 3.8) is 0 Å². The van der Waals surface area contributed by atoms with Crippen LogP contribution in [0.1, 0.15) is 50.8 Å². The fraction of sp³-hybridized carbons (Fsp3) is 0.471. The van der Waals surface area contributed by atoms with E-state index in [0.717, 1.165) is 24.0 Å². The molecular formula is C17H24N2O. The van der Waals surface area contributed by atoms with Crippen LogP contribution in [0.15, 0.2) is 24.3 Å². The lowest BCUT2D eigenvalue weighted by molar-refractivity contribution is -0.125. The van der Waals surface area contributed by atoms with E-state index < -0.39 is 0 Å². The molecule has 0 aliphatic carbocycles. The lowest BCUT2D eigenvalue weighted by Gasteiger charge is -2.17. The molecule has 20 heavy (non-hydrogen) atoms. The van der Waals surface area contributed by atoms with Crippen LogP contribution in [0.2, 0.25) is 0 Å². The fourth-order valence-electron chi connectivity index (χ4n) is 2.04. The number of carbonyl (C=O) groups excluding carboxylic acids is 1. The van der Waals surface area contributed by atoms with Crippen LogP contribution in [0, 0.1) is 17.8 Å². The lowest BCUT2D eigenvalue weighted by atomic mass is 10.0. The molecule has 0 saturated carbocycles. The van der Waals surface area contributed by atoms with Crippen molar-refractivity contribution in [1.29, 1.82) is 0 Å². The van der Waals surface area contributed by atoms with E-state index >= 15 is 0 Å². The average molecular weight is 272 g/mol. The summed E-state index contributed by atoms with van der Waals surface area (Å²) < 4.78 is 0. The molecule has 3 heteroatoms. The minimum atomic E-state index is -0.0126. The second kappa shape index (κ2) is 8.39. The number of rotatable bonds is 5. The van der Waals surface area contributed by atoms with Gasteiger partial charge >= 0.3 is 0 Å². The van der Waals surface area contributed by atoms with Gasteiger partial charge in [0.1, 0.15) is 0 Å². The summed E-state index contributed by atoms with van der Waals surface area (Å²) in [6, 6.07) is 7.89. The van der Waals surface area contributed by atoms with Gasteiger partial charge in [-0.25, -0.2) is 0 Å². The van der Waals surface area contributed by atoms with Crippen molar-refractivity contribution < 1.29 is 4.79 Å². The molecule has 1 aromatic carbocycles. The highest BCUT2D eigenvalue weighted by molar-refractivity contribution is 5.78. The maximum Gasteiger partial charge on any atom is 0.223 e. The van der Waals surface area contributed by atoms with Gasteiger partial charge in [0.15, 0.2) is 0 Å². The van der Waals surface area contributed by atoms with E-state index in [1.807, 2.05) is 38.1 Å². The highest BCUT2D eigenvalue weighted by Crippen LogP contribution is 2.15. The first-order valence-electron chi connectivity index (χ1n) is 7.17. The molecule has 3 N–H and O–H groups in total. The molecule has 2 atom stereocenters. The first kappa shape index (κ1) is 16.3. The van der Waals surface area contributed by atoms with E-state index in [2.05, 4.69) is 24.1 Å². The lowest BCUT2D eigenvalue weighted by Crippen LogP contribution is -2.31. The van der Waals surface area contributed by atoms with Gasteiger partial charge in [-0.3, -0.25) is 4.79 Å². The Bertz CT molecular complexity index is 499. The summed E-state index contributed by atoms with van der Waals surface area (Å²) in [5.41, 5.74) is 7.36. The van der Waals surface area contributed by atoms with Crippen molar-refractivity contribution in [1.82, 2.24) is 5.32 Å². The molecule has 0 aliphatic heterocycles. The number of carbonyl (C=O) groups is 1. The van der Waals surface area contributed by atoms with E-state index in [1.165, 1.54) is 0 Å². The van der Waals surface area contributed by atoms with Crippen LogP contribution in [0.5, 0.6) is 0 Å². The third-order valence-electron chi connectivity index (χ3n) is 3.25. The van der Waals surface area contributed by atoms with Crippen molar-refractivity contribution in [3.8, 4) is 11.8 Å². The summed E-state index contributed by atoms with van der Waals surface area (Å²) >= 11 is 0. The van der Waals surface area contributed by atoms with Crippen LogP contribution in [0.3, 0.4) is 0 Å². The summed E-state index contributed by atoms with van der Waals surface area (Å²) in [6.07, 6.45) is 1.94. The van der Waals surface area contributed by atoms with Crippen molar-refractivity contribution in [2.75, 3.05) is 6.54 Å². The first-order valence-corrected chi connectivity index (χ1v) is 7.17. The van der Waals surface area contributed by atoms with Crippen molar-refractivity contribution in [2.45, 2.75) is 39.7 Å². The molecule has 1 aromatic rings. The number of benzene rings is 1. The average Bonchev–Trinajstić information content (AvgIpc) is 2.45. The predicted octanol–water partition coefficient (Wildman–Crippen LogP) is 2.61. The Balaban J connectivity index is 2.72. The zero-order chi connectivity index (χ0) is 15.0. The second-order valence-corrected chi connectivity index (χ2v) is 5.05. The molecule has 0 heterocycles.